The topological polar surface area (TPSA) is 62.2 Å². The maximum Gasteiger partial charge on any atom is 0.327 e. The summed E-state index contributed by atoms with van der Waals surface area (Å²) in [6, 6.07) is 8.35. The number of likely N-dealkylation sites (N-methyl/N-ethyl adjacent to an activating group) is 1. The van der Waals surface area contributed by atoms with Crippen LogP contribution in [0.2, 0.25) is 0 Å². The lowest BCUT2D eigenvalue weighted by atomic mass is 9.98. The number of aliphatic imine (C=N–C) groups is 1. The van der Waals surface area contributed by atoms with Crippen molar-refractivity contribution in [3.63, 3.8) is 0 Å². The van der Waals surface area contributed by atoms with Crippen molar-refractivity contribution in [2.24, 2.45) is 4.99 Å². The van der Waals surface area contributed by atoms with Gasteiger partial charge in [-0.15, -0.1) is 0 Å². The number of amides is 3. The number of hydrogen-bond donors (Lipinski definition) is 0. The van der Waals surface area contributed by atoms with Crippen LogP contribution in [-0.2, 0) is 9.53 Å². The molecule has 0 bridgehead atoms. The van der Waals surface area contributed by atoms with Crippen molar-refractivity contribution < 1.29 is 14.3 Å². The van der Waals surface area contributed by atoms with Crippen molar-refractivity contribution >= 4 is 17.8 Å². The molecule has 2 aliphatic heterocycles. The molecule has 0 unspecified atom stereocenters. The van der Waals surface area contributed by atoms with E-state index in [4.69, 9.17) is 4.74 Å². The number of rotatable bonds is 4. The van der Waals surface area contributed by atoms with Gasteiger partial charge in [0.15, 0.2) is 11.9 Å². The molecule has 0 saturated carbocycles. The smallest absolute Gasteiger partial charge is 0.327 e. The molecular weight excluding hydrogens is 318 g/mol. The van der Waals surface area contributed by atoms with Gasteiger partial charge in [-0.25, -0.2) is 9.79 Å². The second kappa shape index (κ2) is 6.86. The fourth-order valence-corrected chi connectivity index (χ4v) is 3.65. The van der Waals surface area contributed by atoms with Crippen molar-refractivity contribution in [2.75, 3.05) is 7.05 Å². The Kier molecular flexibility index (Phi) is 4.79. The van der Waals surface area contributed by atoms with Crippen LogP contribution in [-0.4, -0.2) is 52.9 Å². The fraction of sp³-hybridized carbons (Fsp3) is 0.526. The van der Waals surface area contributed by atoms with Gasteiger partial charge >= 0.3 is 6.03 Å². The molecule has 0 radical (unpaired) electrons. The number of urea groups is 1. The number of hydrogen-bond acceptors (Lipinski definition) is 4. The zero-order chi connectivity index (χ0) is 18.1. The van der Waals surface area contributed by atoms with Crippen LogP contribution in [0, 0.1) is 0 Å². The summed E-state index contributed by atoms with van der Waals surface area (Å²) in [6.45, 7) is 5.76. The first-order chi connectivity index (χ1) is 12.0. The Balaban J connectivity index is 1.95. The predicted molar refractivity (Wildman–Crippen MR) is 95.3 cm³/mol. The van der Waals surface area contributed by atoms with E-state index in [0.29, 0.717) is 5.90 Å². The molecule has 1 saturated heterocycles. The summed E-state index contributed by atoms with van der Waals surface area (Å²) in [5.41, 5.74) is 0.952. The van der Waals surface area contributed by atoms with E-state index in [9.17, 15) is 9.59 Å². The predicted octanol–water partition coefficient (Wildman–Crippen LogP) is 3.00. The third kappa shape index (κ3) is 3.01. The highest BCUT2D eigenvalue weighted by Gasteiger charge is 2.49. The Labute approximate surface area is 148 Å². The third-order valence-electron chi connectivity index (χ3n) is 5.05. The largest absolute Gasteiger partial charge is 0.475 e. The summed E-state index contributed by atoms with van der Waals surface area (Å²) in [5, 5.41) is 0. The molecule has 1 aromatic carbocycles. The minimum absolute atomic E-state index is 0.101. The standard InChI is InChI=1S/C19H25N3O3/c1-5-9-15-16(20-13(3)25-15)18(23)22-17(12(2)21(4)19(22)24)14-10-7-6-8-11-14/h6-8,10-12,15-17H,5,9H2,1-4H3/t12-,15-,16+,17-/m0/s1. The Hall–Kier alpha value is -2.37. The highest BCUT2D eigenvalue weighted by atomic mass is 16.5. The molecule has 1 aromatic rings. The molecule has 3 amide bonds. The van der Waals surface area contributed by atoms with Crippen LogP contribution in [0.4, 0.5) is 4.79 Å². The van der Waals surface area contributed by atoms with E-state index in [2.05, 4.69) is 4.99 Å². The van der Waals surface area contributed by atoms with Gasteiger partial charge in [0.1, 0.15) is 6.10 Å². The lowest BCUT2D eigenvalue weighted by Gasteiger charge is -2.27. The van der Waals surface area contributed by atoms with E-state index < -0.39 is 6.04 Å². The van der Waals surface area contributed by atoms with E-state index in [0.717, 1.165) is 18.4 Å². The average molecular weight is 343 g/mol. The number of carbonyl (C=O) groups excluding carboxylic acids is 2. The number of benzene rings is 1. The summed E-state index contributed by atoms with van der Waals surface area (Å²) < 4.78 is 5.70. The zero-order valence-electron chi connectivity index (χ0n) is 15.2. The number of imide groups is 1. The Morgan fingerprint density at radius 3 is 2.60 bits per heavy atom. The van der Waals surface area contributed by atoms with Gasteiger partial charge in [0.25, 0.3) is 5.91 Å². The summed E-state index contributed by atoms with van der Waals surface area (Å²) in [5.74, 6) is 0.242. The lowest BCUT2D eigenvalue weighted by Crippen LogP contribution is -2.45. The van der Waals surface area contributed by atoms with Crippen LogP contribution in [0.15, 0.2) is 35.3 Å². The normalized spacial score (nSPS) is 29.0. The summed E-state index contributed by atoms with van der Waals surface area (Å²) in [7, 11) is 1.74. The molecule has 2 aliphatic rings. The molecule has 3 rings (SSSR count). The lowest BCUT2D eigenvalue weighted by molar-refractivity contribution is -0.132. The molecule has 0 aromatic heterocycles. The van der Waals surface area contributed by atoms with E-state index in [-0.39, 0.29) is 30.1 Å². The molecule has 6 heteroatoms. The number of ether oxygens (including phenoxy) is 1. The van der Waals surface area contributed by atoms with Crippen molar-refractivity contribution in [2.45, 2.75) is 57.8 Å². The first-order valence-electron chi connectivity index (χ1n) is 8.81. The molecule has 6 nitrogen and oxygen atoms in total. The molecule has 2 heterocycles. The van der Waals surface area contributed by atoms with Crippen LogP contribution < -0.4 is 0 Å². The molecule has 0 aliphatic carbocycles. The number of carbonyl (C=O) groups is 2. The number of nitrogens with zero attached hydrogens (tertiary/aromatic N) is 3. The van der Waals surface area contributed by atoms with Crippen LogP contribution in [0.5, 0.6) is 0 Å². The van der Waals surface area contributed by atoms with Gasteiger partial charge in [0.05, 0.1) is 12.1 Å². The second-order valence-corrected chi connectivity index (χ2v) is 6.74. The molecule has 0 spiro atoms. The zero-order valence-corrected chi connectivity index (χ0v) is 15.2. The fourth-order valence-electron chi connectivity index (χ4n) is 3.65. The van der Waals surface area contributed by atoms with Crippen molar-refractivity contribution in [1.29, 1.82) is 0 Å². The maximum absolute atomic E-state index is 13.3. The Bertz CT molecular complexity index is 688. The van der Waals surface area contributed by atoms with Gasteiger partial charge in [0, 0.05) is 14.0 Å². The monoisotopic (exact) mass is 343 g/mol. The Morgan fingerprint density at radius 2 is 1.96 bits per heavy atom. The minimum Gasteiger partial charge on any atom is -0.475 e. The maximum atomic E-state index is 13.3. The highest BCUT2D eigenvalue weighted by Crippen LogP contribution is 2.36. The minimum atomic E-state index is -0.645. The summed E-state index contributed by atoms with van der Waals surface area (Å²) in [4.78, 5) is 33.4. The van der Waals surface area contributed by atoms with Crippen molar-refractivity contribution in [3.05, 3.63) is 35.9 Å². The van der Waals surface area contributed by atoms with Gasteiger partial charge in [-0.2, -0.15) is 0 Å². The quantitative estimate of drug-likeness (QED) is 0.844. The molecule has 134 valence electrons. The first kappa shape index (κ1) is 17.5. The van der Waals surface area contributed by atoms with Gasteiger partial charge in [-0.05, 0) is 18.9 Å². The van der Waals surface area contributed by atoms with Crippen molar-refractivity contribution in [1.82, 2.24) is 9.80 Å². The van der Waals surface area contributed by atoms with Gasteiger partial charge < -0.3 is 9.64 Å². The second-order valence-electron chi connectivity index (χ2n) is 6.74. The van der Waals surface area contributed by atoms with E-state index in [1.54, 1.807) is 18.9 Å². The van der Waals surface area contributed by atoms with E-state index >= 15 is 0 Å². The van der Waals surface area contributed by atoms with Crippen LogP contribution >= 0.6 is 0 Å². The highest BCUT2D eigenvalue weighted by molar-refractivity contribution is 6.01. The third-order valence-corrected chi connectivity index (χ3v) is 5.05. The molecular formula is C19H25N3O3. The summed E-state index contributed by atoms with van der Waals surface area (Å²) >= 11 is 0. The summed E-state index contributed by atoms with van der Waals surface area (Å²) in [6.07, 6.45) is 1.34. The molecule has 25 heavy (non-hydrogen) atoms. The van der Waals surface area contributed by atoms with Crippen LogP contribution in [0.25, 0.3) is 0 Å². The van der Waals surface area contributed by atoms with E-state index in [1.807, 2.05) is 44.2 Å². The van der Waals surface area contributed by atoms with Crippen LogP contribution in [0.3, 0.4) is 0 Å². The van der Waals surface area contributed by atoms with E-state index in [1.165, 1.54) is 4.90 Å². The van der Waals surface area contributed by atoms with Gasteiger partial charge in [-0.1, -0.05) is 43.7 Å². The van der Waals surface area contributed by atoms with Crippen molar-refractivity contribution in [3.8, 4) is 0 Å². The SMILES string of the molecule is CCC[C@@H]1OC(C)=N[C@H]1C(=O)N1C(=O)N(C)[C@@H](C)[C@H]1c1ccccc1. The molecule has 4 atom stereocenters. The van der Waals surface area contributed by atoms with Crippen LogP contribution in [0.1, 0.15) is 45.2 Å². The van der Waals surface area contributed by atoms with Gasteiger partial charge in [0.2, 0.25) is 0 Å². The molecule has 0 N–H and O–H groups in total. The average Bonchev–Trinajstić information content (AvgIpc) is 3.08. The Morgan fingerprint density at radius 1 is 1.28 bits per heavy atom. The first-order valence-corrected chi connectivity index (χ1v) is 8.81. The van der Waals surface area contributed by atoms with Gasteiger partial charge in [-0.3, -0.25) is 9.69 Å². The molecule has 1 fully saturated rings.